The Balaban J connectivity index is 4.17. The molecule has 1 amide bonds. The van der Waals surface area contributed by atoms with Crippen molar-refractivity contribution in [2.75, 3.05) is 0 Å². The summed E-state index contributed by atoms with van der Waals surface area (Å²) >= 11 is 0. The minimum atomic E-state index is -1.27. The fourth-order valence-corrected chi connectivity index (χ4v) is 1.41. The zero-order chi connectivity index (χ0) is 15.7. The molecule has 20 heavy (non-hydrogen) atoms. The van der Waals surface area contributed by atoms with Crippen molar-refractivity contribution in [2.24, 2.45) is 5.73 Å². The highest BCUT2D eigenvalue weighted by Gasteiger charge is 2.21. The molecule has 0 aliphatic carbocycles. The zero-order valence-electron chi connectivity index (χ0n) is 10.7. The van der Waals surface area contributed by atoms with Gasteiger partial charge in [0.2, 0.25) is 5.91 Å². The molecule has 0 bridgehead atoms. The van der Waals surface area contributed by atoms with E-state index in [2.05, 4.69) is 5.32 Å². The molecular formula is C11H18N2O7. The Bertz CT molecular complexity index is 383. The average Bonchev–Trinajstić information content (AvgIpc) is 2.34. The standard InChI is InChI=1S/C11H18N2O7/c12-6(10(17)18)2-1-3-7(11(19)20)13-8(14)4-5-9(15)16/h6-7H,1-5,12H2,(H,13,14)(H,15,16)(H,17,18)(H,19,20)/t6-,7+/m1/s1. The van der Waals surface area contributed by atoms with Crippen molar-refractivity contribution in [2.45, 2.75) is 44.2 Å². The Morgan fingerprint density at radius 2 is 1.55 bits per heavy atom. The van der Waals surface area contributed by atoms with Crippen LogP contribution in [0.15, 0.2) is 0 Å². The van der Waals surface area contributed by atoms with Gasteiger partial charge >= 0.3 is 17.9 Å². The van der Waals surface area contributed by atoms with E-state index in [1.54, 1.807) is 0 Å². The molecule has 0 aliphatic rings. The smallest absolute Gasteiger partial charge is 0.326 e. The predicted octanol–water partition coefficient (Wildman–Crippen LogP) is -0.997. The summed E-state index contributed by atoms with van der Waals surface area (Å²) in [6.45, 7) is 0. The summed E-state index contributed by atoms with van der Waals surface area (Å²) in [5.74, 6) is -4.28. The van der Waals surface area contributed by atoms with Crippen LogP contribution in [0.2, 0.25) is 0 Å². The summed E-state index contributed by atoms with van der Waals surface area (Å²) in [6, 6.07) is -2.26. The number of carboxylic acids is 3. The third-order valence-electron chi connectivity index (χ3n) is 2.52. The summed E-state index contributed by atoms with van der Waals surface area (Å²) in [4.78, 5) is 43.0. The second-order valence-corrected chi connectivity index (χ2v) is 4.23. The molecule has 114 valence electrons. The van der Waals surface area contributed by atoms with E-state index in [4.69, 9.17) is 21.1 Å². The molecular weight excluding hydrogens is 272 g/mol. The fraction of sp³-hybridized carbons (Fsp3) is 0.636. The van der Waals surface area contributed by atoms with Crippen LogP contribution in [0.3, 0.4) is 0 Å². The first-order valence-corrected chi connectivity index (χ1v) is 5.96. The summed E-state index contributed by atoms with van der Waals surface area (Å²) in [6.07, 6.45) is -0.376. The lowest BCUT2D eigenvalue weighted by Gasteiger charge is -2.14. The van der Waals surface area contributed by atoms with Gasteiger partial charge in [0.05, 0.1) is 6.42 Å². The molecule has 9 nitrogen and oxygen atoms in total. The van der Waals surface area contributed by atoms with Crippen molar-refractivity contribution in [3.05, 3.63) is 0 Å². The van der Waals surface area contributed by atoms with Crippen molar-refractivity contribution in [1.29, 1.82) is 0 Å². The first-order chi connectivity index (χ1) is 9.23. The quantitative estimate of drug-likeness (QED) is 0.341. The van der Waals surface area contributed by atoms with Crippen LogP contribution in [0, 0.1) is 0 Å². The largest absolute Gasteiger partial charge is 0.481 e. The SMILES string of the molecule is N[C@H](CCC[C@H](NC(=O)CCC(=O)O)C(=O)O)C(=O)O. The van der Waals surface area contributed by atoms with Crippen molar-refractivity contribution in [3.8, 4) is 0 Å². The second kappa shape index (κ2) is 8.86. The molecule has 0 saturated carbocycles. The van der Waals surface area contributed by atoms with E-state index in [1.165, 1.54) is 0 Å². The van der Waals surface area contributed by atoms with Crippen molar-refractivity contribution >= 4 is 23.8 Å². The Labute approximate surface area is 114 Å². The van der Waals surface area contributed by atoms with Gasteiger partial charge in [0.15, 0.2) is 0 Å². The number of aliphatic carboxylic acids is 3. The molecule has 2 atom stereocenters. The topological polar surface area (TPSA) is 167 Å². The number of carbonyl (C=O) groups excluding carboxylic acids is 1. The van der Waals surface area contributed by atoms with Gasteiger partial charge < -0.3 is 26.4 Å². The number of nitrogens with one attached hydrogen (secondary N) is 1. The van der Waals surface area contributed by atoms with E-state index < -0.39 is 35.9 Å². The minimum Gasteiger partial charge on any atom is -0.481 e. The van der Waals surface area contributed by atoms with Gasteiger partial charge in [-0.25, -0.2) is 4.79 Å². The first-order valence-electron chi connectivity index (χ1n) is 5.96. The number of rotatable bonds is 10. The predicted molar refractivity (Wildman–Crippen MR) is 65.9 cm³/mol. The van der Waals surface area contributed by atoms with Gasteiger partial charge in [-0.1, -0.05) is 0 Å². The van der Waals surface area contributed by atoms with Gasteiger partial charge in [0.25, 0.3) is 0 Å². The Hall–Kier alpha value is -2.16. The Morgan fingerprint density at radius 1 is 0.950 bits per heavy atom. The summed E-state index contributed by atoms with van der Waals surface area (Å²) in [5.41, 5.74) is 5.26. The maximum absolute atomic E-state index is 11.3. The Morgan fingerprint density at radius 3 is 2.00 bits per heavy atom. The summed E-state index contributed by atoms with van der Waals surface area (Å²) < 4.78 is 0. The van der Waals surface area contributed by atoms with E-state index in [9.17, 15) is 19.2 Å². The lowest BCUT2D eigenvalue weighted by Crippen LogP contribution is -2.41. The zero-order valence-corrected chi connectivity index (χ0v) is 10.7. The minimum absolute atomic E-state index is 0.0229. The third kappa shape index (κ3) is 8.03. The highest BCUT2D eigenvalue weighted by Crippen LogP contribution is 2.05. The number of nitrogens with two attached hydrogens (primary N) is 1. The van der Waals surface area contributed by atoms with E-state index >= 15 is 0 Å². The van der Waals surface area contributed by atoms with Gasteiger partial charge in [-0.15, -0.1) is 0 Å². The van der Waals surface area contributed by atoms with Crippen molar-refractivity contribution in [1.82, 2.24) is 5.32 Å². The maximum Gasteiger partial charge on any atom is 0.326 e. The molecule has 0 aromatic heterocycles. The molecule has 0 saturated heterocycles. The lowest BCUT2D eigenvalue weighted by molar-refractivity contribution is -0.142. The van der Waals surface area contributed by atoms with E-state index in [-0.39, 0.29) is 32.1 Å². The normalized spacial score (nSPS) is 13.2. The number of hydrogen-bond acceptors (Lipinski definition) is 5. The van der Waals surface area contributed by atoms with Gasteiger partial charge in [0.1, 0.15) is 12.1 Å². The molecule has 6 N–H and O–H groups in total. The number of hydrogen-bond donors (Lipinski definition) is 5. The first kappa shape index (κ1) is 17.8. The highest BCUT2D eigenvalue weighted by atomic mass is 16.4. The van der Waals surface area contributed by atoms with Crippen LogP contribution in [0.5, 0.6) is 0 Å². The molecule has 0 spiro atoms. The van der Waals surface area contributed by atoms with Gasteiger partial charge in [0, 0.05) is 6.42 Å². The number of amides is 1. The lowest BCUT2D eigenvalue weighted by atomic mass is 10.1. The molecule has 0 aliphatic heterocycles. The Kier molecular flexibility index (Phi) is 7.90. The van der Waals surface area contributed by atoms with Crippen LogP contribution >= 0.6 is 0 Å². The molecule has 0 aromatic rings. The van der Waals surface area contributed by atoms with E-state index in [1.807, 2.05) is 0 Å². The van der Waals surface area contributed by atoms with Crippen LogP contribution in [0.4, 0.5) is 0 Å². The number of carbonyl (C=O) groups is 4. The molecule has 0 aromatic carbocycles. The third-order valence-corrected chi connectivity index (χ3v) is 2.52. The second-order valence-electron chi connectivity index (χ2n) is 4.23. The van der Waals surface area contributed by atoms with Crippen molar-refractivity contribution < 1.29 is 34.5 Å². The number of carboxylic acid groups (broad SMARTS) is 3. The molecule has 9 heteroatoms. The average molecular weight is 290 g/mol. The molecule has 0 heterocycles. The van der Waals surface area contributed by atoms with E-state index in [0.29, 0.717) is 0 Å². The van der Waals surface area contributed by atoms with Crippen LogP contribution in [0.25, 0.3) is 0 Å². The van der Waals surface area contributed by atoms with Gasteiger partial charge in [-0.05, 0) is 19.3 Å². The molecule has 0 rings (SSSR count). The molecule has 0 fully saturated rings. The van der Waals surface area contributed by atoms with Gasteiger partial charge in [-0.2, -0.15) is 0 Å². The summed E-state index contributed by atoms with van der Waals surface area (Å²) in [5, 5.41) is 28.0. The van der Waals surface area contributed by atoms with Gasteiger partial charge in [-0.3, -0.25) is 14.4 Å². The maximum atomic E-state index is 11.3. The fourth-order valence-electron chi connectivity index (χ4n) is 1.41. The summed E-state index contributed by atoms with van der Waals surface area (Å²) in [7, 11) is 0. The van der Waals surface area contributed by atoms with Crippen LogP contribution in [0.1, 0.15) is 32.1 Å². The monoisotopic (exact) mass is 290 g/mol. The molecule has 0 unspecified atom stereocenters. The highest BCUT2D eigenvalue weighted by molar-refractivity contribution is 5.85. The molecule has 0 radical (unpaired) electrons. The van der Waals surface area contributed by atoms with E-state index in [0.717, 1.165) is 0 Å². The van der Waals surface area contributed by atoms with Crippen LogP contribution in [-0.4, -0.2) is 51.2 Å². The van der Waals surface area contributed by atoms with Crippen LogP contribution < -0.4 is 11.1 Å². The van der Waals surface area contributed by atoms with Crippen LogP contribution in [-0.2, 0) is 19.2 Å². The van der Waals surface area contributed by atoms with Crippen molar-refractivity contribution in [3.63, 3.8) is 0 Å².